The summed E-state index contributed by atoms with van der Waals surface area (Å²) in [7, 11) is 0. The molecule has 0 radical (unpaired) electrons. The lowest BCUT2D eigenvalue weighted by molar-refractivity contribution is -0.921. The first kappa shape index (κ1) is 19.4. The number of nitrogens with two attached hydrogens (primary N) is 1. The van der Waals surface area contributed by atoms with Gasteiger partial charge in [-0.3, -0.25) is 14.5 Å². The molecule has 0 aliphatic carbocycles. The number of aromatic nitrogens is 1. The first-order valence-electron chi connectivity index (χ1n) is 8.68. The van der Waals surface area contributed by atoms with Gasteiger partial charge in [0.2, 0.25) is 11.8 Å². The van der Waals surface area contributed by atoms with Gasteiger partial charge in [0.05, 0.1) is 24.7 Å². The largest absolute Gasteiger partial charge is 0.369 e. The molecule has 144 valence electrons. The van der Waals surface area contributed by atoms with Crippen molar-refractivity contribution in [3.63, 3.8) is 0 Å². The summed E-state index contributed by atoms with van der Waals surface area (Å²) in [6.07, 6.45) is 1.73. The predicted octanol–water partition coefficient (Wildman–Crippen LogP) is 1.39. The van der Waals surface area contributed by atoms with Crippen LogP contribution in [0, 0.1) is 17.6 Å². The Kier molecular flexibility index (Phi) is 5.81. The Morgan fingerprint density at radius 1 is 1.41 bits per heavy atom. The number of rotatable bonds is 5. The van der Waals surface area contributed by atoms with Crippen molar-refractivity contribution in [2.45, 2.75) is 26.3 Å². The molecule has 0 bridgehead atoms. The van der Waals surface area contributed by atoms with E-state index in [1.165, 1.54) is 29.2 Å². The van der Waals surface area contributed by atoms with Crippen LogP contribution in [0.4, 0.5) is 19.6 Å². The molecule has 0 saturated carbocycles. The lowest BCUT2D eigenvalue weighted by Gasteiger charge is -2.27. The average Bonchev–Trinajstić information content (AvgIpc) is 3.05. The minimum absolute atomic E-state index is 0.0380. The summed E-state index contributed by atoms with van der Waals surface area (Å²) < 4.78 is 27.3. The highest BCUT2D eigenvalue weighted by molar-refractivity contribution is 7.14. The molecular formula is C18H21F2N4O2S+. The van der Waals surface area contributed by atoms with Crippen LogP contribution in [0.15, 0.2) is 23.6 Å². The Morgan fingerprint density at radius 2 is 2.19 bits per heavy atom. The zero-order chi connectivity index (χ0) is 19.6. The maximum Gasteiger partial charge on any atom is 0.230 e. The fourth-order valence-electron chi connectivity index (χ4n) is 3.36. The zero-order valence-electron chi connectivity index (χ0n) is 14.9. The van der Waals surface area contributed by atoms with Gasteiger partial charge in [-0.1, -0.05) is 0 Å². The molecule has 3 rings (SSSR count). The van der Waals surface area contributed by atoms with E-state index in [4.69, 9.17) is 5.73 Å². The van der Waals surface area contributed by atoms with E-state index in [2.05, 4.69) is 4.98 Å². The summed E-state index contributed by atoms with van der Waals surface area (Å²) in [4.78, 5) is 30.3. The van der Waals surface area contributed by atoms with Crippen LogP contribution in [-0.2, 0) is 16.1 Å². The molecule has 0 spiro atoms. The van der Waals surface area contributed by atoms with Gasteiger partial charge in [-0.15, -0.1) is 11.3 Å². The molecule has 2 amide bonds. The van der Waals surface area contributed by atoms with E-state index < -0.39 is 17.5 Å². The van der Waals surface area contributed by atoms with Crippen LogP contribution in [-0.4, -0.2) is 29.9 Å². The molecule has 1 saturated heterocycles. The van der Waals surface area contributed by atoms with Crippen molar-refractivity contribution in [2.75, 3.05) is 18.0 Å². The van der Waals surface area contributed by atoms with Crippen LogP contribution in [0.2, 0.25) is 0 Å². The molecule has 6 nitrogen and oxygen atoms in total. The van der Waals surface area contributed by atoms with E-state index in [9.17, 15) is 18.4 Å². The monoisotopic (exact) mass is 395 g/mol. The van der Waals surface area contributed by atoms with E-state index in [-0.39, 0.29) is 17.5 Å². The van der Waals surface area contributed by atoms with Gasteiger partial charge in [-0.2, -0.15) is 0 Å². The molecule has 1 unspecified atom stereocenters. The first-order valence-corrected chi connectivity index (χ1v) is 9.56. The Hall–Kier alpha value is -2.39. The standard InChI is InChI=1S/C18H20F2N4O2S/c1-11(25)24(16-5-4-13(19)7-15(16)20)18-22-14(10-27-18)9-23-6-2-3-12(8-23)17(21)26/h4-5,7,10,12H,2-3,6,8-9H2,1H3,(H2,21,26)/p+1/t12-/m0/s1. The number of carbonyl (C=O) groups excluding carboxylic acids is 2. The molecule has 27 heavy (non-hydrogen) atoms. The van der Waals surface area contributed by atoms with Crippen molar-refractivity contribution in [3.05, 3.63) is 40.9 Å². The number of piperidine rings is 1. The van der Waals surface area contributed by atoms with E-state index in [1.807, 2.05) is 5.38 Å². The molecule has 1 aromatic heterocycles. The highest BCUT2D eigenvalue weighted by atomic mass is 32.1. The smallest absolute Gasteiger partial charge is 0.230 e. The average molecular weight is 395 g/mol. The Bertz CT molecular complexity index is 858. The molecule has 2 atom stereocenters. The number of primary amides is 1. The number of benzene rings is 1. The number of likely N-dealkylation sites (tertiary alicyclic amines) is 1. The van der Waals surface area contributed by atoms with E-state index in [1.54, 1.807) is 0 Å². The lowest BCUT2D eigenvalue weighted by Crippen LogP contribution is -3.12. The molecule has 1 aliphatic rings. The normalized spacial score (nSPS) is 19.7. The van der Waals surface area contributed by atoms with Gasteiger partial charge in [-0.25, -0.2) is 13.8 Å². The van der Waals surface area contributed by atoms with E-state index in [0.29, 0.717) is 18.2 Å². The fourth-order valence-corrected chi connectivity index (χ4v) is 4.24. The molecular weight excluding hydrogens is 374 g/mol. The molecule has 9 heteroatoms. The van der Waals surface area contributed by atoms with Crippen LogP contribution >= 0.6 is 11.3 Å². The Balaban J connectivity index is 1.78. The van der Waals surface area contributed by atoms with Gasteiger partial charge in [0.1, 0.15) is 23.9 Å². The minimum Gasteiger partial charge on any atom is -0.369 e. The van der Waals surface area contributed by atoms with Crippen LogP contribution < -0.4 is 15.5 Å². The number of quaternary nitrogens is 1. The van der Waals surface area contributed by atoms with E-state index in [0.717, 1.165) is 42.1 Å². The zero-order valence-corrected chi connectivity index (χ0v) is 15.7. The van der Waals surface area contributed by atoms with Crippen molar-refractivity contribution < 1.29 is 23.3 Å². The number of carbonyl (C=O) groups is 2. The molecule has 1 aromatic carbocycles. The third-order valence-corrected chi connectivity index (χ3v) is 5.52. The SMILES string of the molecule is CC(=O)N(c1nc(C[NH+]2CCC[C@H](C(N)=O)C2)cs1)c1ccc(F)cc1F. The summed E-state index contributed by atoms with van der Waals surface area (Å²) in [6, 6.07) is 3.06. The van der Waals surface area contributed by atoms with Gasteiger partial charge in [0.15, 0.2) is 5.13 Å². The number of hydrogen-bond donors (Lipinski definition) is 2. The summed E-state index contributed by atoms with van der Waals surface area (Å²) >= 11 is 1.22. The van der Waals surface area contributed by atoms with Crippen LogP contribution in [0.1, 0.15) is 25.5 Å². The number of halogens is 2. The van der Waals surface area contributed by atoms with Crippen molar-refractivity contribution >= 4 is 34.0 Å². The maximum absolute atomic E-state index is 14.1. The molecule has 2 aromatic rings. The first-order chi connectivity index (χ1) is 12.8. The van der Waals surface area contributed by atoms with Crippen LogP contribution in [0.5, 0.6) is 0 Å². The third kappa shape index (κ3) is 4.48. The molecule has 1 fully saturated rings. The highest BCUT2D eigenvalue weighted by Gasteiger charge is 2.28. The minimum atomic E-state index is -0.826. The fraction of sp³-hybridized carbons (Fsp3) is 0.389. The molecule has 2 heterocycles. The number of hydrogen-bond acceptors (Lipinski definition) is 4. The lowest BCUT2D eigenvalue weighted by atomic mass is 9.97. The van der Waals surface area contributed by atoms with Crippen LogP contribution in [0.25, 0.3) is 0 Å². The number of amides is 2. The van der Waals surface area contributed by atoms with E-state index >= 15 is 0 Å². The summed E-state index contributed by atoms with van der Waals surface area (Å²) in [5, 5.41) is 2.14. The summed E-state index contributed by atoms with van der Waals surface area (Å²) in [5.41, 5.74) is 6.13. The number of anilines is 2. The summed E-state index contributed by atoms with van der Waals surface area (Å²) in [6.45, 7) is 3.47. The van der Waals surface area contributed by atoms with Crippen molar-refractivity contribution in [2.24, 2.45) is 11.7 Å². The van der Waals surface area contributed by atoms with Gasteiger partial charge in [0.25, 0.3) is 0 Å². The van der Waals surface area contributed by atoms with Gasteiger partial charge < -0.3 is 10.6 Å². The second kappa shape index (κ2) is 8.10. The Morgan fingerprint density at radius 3 is 2.85 bits per heavy atom. The van der Waals surface area contributed by atoms with Crippen molar-refractivity contribution in [1.29, 1.82) is 0 Å². The number of nitrogens with one attached hydrogen (secondary N) is 1. The number of thiazole rings is 1. The molecule has 1 aliphatic heterocycles. The van der Waals surface area contributed by atoms with Crippen molar-refractivity contribution in [3.8, 4) is 0 Å². The summed E-state index contributed by atoms with van der Waals surface area (Å²) in [5.74, 6) is -2.36. The predicted molar refractivity (Wildman–Crippen MR) is 97.6 cm³/mol. The van der Waals surface area contributed by atoms with Crippen LogP contribution in [0.3, 0.4) is 0 Å². The van der Waals surface area contributed by atoms with Crippen molar-refractivity contribution in [1.82, 2.24) is 4.98 Å². The highest BCUT2D eigenvalue weighted by Crippen LogP contribution is 2.31. The topological polar surface area (TPSA) is 80.7 Å². The maximum atomic E-state index is 14.1. The number of nitrogens with zero attached hydrogens (tertiary/aromatic N) is 2. The quantitative estimate of drug-likeness (QED) is 0.803. The molecule has 3 N–H and O–H groups in total. The second-order valence-corrected chi connectivity index (χ2v) is 7.53. The second-order valence-electron chi connectivity index (χ2n) is 6.69. The third-order valence-electron chi connectivity index (χ3n) is 4.65. The van der Waals surface area contributed by atoms with Gasteiger partial charge >= 0.3 is 0 Å². The Labute approximate surface area is 159 Å². The van der Waals surface area contributed by atoms with Gasteiger partial charge in [0, 0.05) is 18.4 Å². The van der Waals surface area contributed by atoms with Gasteiger partial charge in [-0.05, 0) is 25.0 Å².